The molecule has 1 nitrogen and oxygen atoms in total. The molecule has 0 atom stereocenters. The molecule has 2 heteroatoms. The van der Waals surface area contributed by atoms with Crippen molar-refractivity contribution >= 4 is 17.5 Å². The number of hydrogen-bond acceptors (Lipinski definition) is 2. The van der Waals surface area contributed by atoms with Crippen molar-refractivity contribution in [3.8, 4) is 0 Å². The standard InChI is InChI=1S/C14H14OS/c15-14(12-7-3-1-4-8-12)11-16-13-9-5-2-6-10-13/h1,3-5,7-10H,2,6,11H2. The Balaban J connectivity index is 1.89. The van der Waals surface area contributed by atoms with E-state index in [-0.39, 0.29) is 5.78 Å². The fraction of sp³-hybridized carbons (Fsp3) is 0.214. The Labute approximate surface area is 100 Å². The van der Waals surface area contributed by atoms with E-state index in [4.69, 9.17) is 0 Å². The molecule has 0 aromatic heterocycles. The summed E-state index contributed by atoms with van der Waals surface area (Å²) in [6.07, 6.45) is 8.68. The number of allylic oxidation sites excluding steroid dienone is 3. The average Bonchev–Trinajstić information content (AvgIpc) is 2.38. The summed E-state index contributed by atoms with van der Waals surface area (Å²) in [5.41, 5.74) is 0.801. The summed E-state index contributed by atoms with van der Waals surface area (Å²) < 4.78 is 0. The Bertz CT molecular complexity index is 418. The quantitative estimate of drug-likeness (QED) is 0.731. The second kappa shape index (κ2) is 5.71. The molecule has 1 aliphatic rings. The first kappa shape index (κ1) is 11.2. The molecule has 0 radical (unpaired) electrons. The van der Waals surface area contributed by atoms with Crippen LogP contribution in [0.3, 0.4) is 0 Å². The van der Waals surface area contributed by atoms with E-state index < -0.39 is 0 Å². The summed E-state index contributed by atoms with van der Waals surface area (Å²) >= 11 is 1.63. The minimum Gasteiger partial charge on any atom is -0.293 e. The van der Waals surface area contributed by atoms with Crippen LogP contribution >= 0.6 is 11.8 Å². The fourth-order valence-electron chi connectivity index (χ4n) is 1.55. The molecule has 0 bridgehead atoms. The second-order valence-corrected chi connectivity index (χ2v) is 4.71. The Morgan fingerprint density at radius 3 is 2.69 bits per heavy atom. The molecule has 0 aliphatic heterocycles. The van der Waals surface area contributed by atoms with Gasteiger partial charge in [0.25, 0.3) is 0 Å². The molecule has 0 saturated heterocycles. The minimum absolute atomic E-state index is 0.200. The molecule has 82 valence electrons. The van der Waals surface area contributed by atoms with Gasteiger partial charge in [0, 0.05) is 10.5 Å². The van der Waals surface area contributed by atoms with Crippen molar-refractivity contribution in [1.29, 1.82) is 0 Å². The van der Waals surface area contributed by atoms with Gasteiger partial charge >= 0.3 is 0 Å². The molecule has 0 fully saturated rings. The van der Waals surface area contributed by atoms with Crippen LogP contribution in [-0.4, -0.2) is 11.5 Å². The van der Waals surface area contributed by atoms with E-state index >= 15 is 0 Å². The lowest BCUT2D eigenvalue weighted by Crippen LogP contribution is -2.02. The Hall–Kier alpha value is -1.28. The first-order valence-electron chi connectivity index (χ1n) is 5.44. The molecule has 1 aromatic rings. The number of Topliss-reactive ketones (excluding diaryl/α,β-unsaturated/α-hetero) is 1. The van der Waals surface area contributed by atoms with E-state index in [9.17, 15) is 4.79 Å². The summed E-state index contributed by atoms with van der Waals surface area (Å²) in [6.45, 7) is 0. The predicted molar refractivity (Wildman–Crippen MR) is 69.7 cm³/mol. The summed E-state index contributed by atoms with van der Waals surface area (Å²) in [6, 6.07) is 9.47. The maximum atomic E-state index is 11.8. The monoisotopic (exact) mass is 230 g/mol. The second-order valence-electron chi connectivity index (χ2n) is 3.66. The molecule has 0 N–H and O–H groups in total. The van der Waals surface area contributed by atoms with Crippen LogP contribution in [0.15, 0.2) is 53.5 Å². The van der Waals surface area contributed by atoms with Gasteiger partial charge in [0.1, 0.15) is 0 Å². The lowest BCUT2D eigenvalue weighted by Gasteiger charge is -2.05. The van der Waals surface area contributed by atoms with Crippen molar-refractivity contribution in [2.45, 2.75) is 12.8 Å². The van der Waals surface area contributed by atoms with E-state index in [2.05, 4.69) is 18.2 Å². The zero-order valence-corrected chi connectivity index (χ0v) is 9.87. The van der Waals surface area contributed by atoms with Crippen LogP contribution in [0.4, 0.5) is 0 Å². The number of ketones is 1. The van der Waals surface area contributed by atoms with Crippen LogP contribution in [0.25, 0.3) is 0 Å². The van der Waals surface area contributed by atoms with Crippen LogP contribution in [0, 0.1) is 0 Å². The summed E-state index contributed by atoms with van der Waals surface area (Å²) in [5.74, 6) is 0.727. The topological polar surface area (TPSA) is 17.1 Å². The van der Waals surface area contributed by atoms with Gasteiger partial charge in [0.05, 0.1) is 5.75 Å². The third-order valence-corrected chi connectivity index (χ3v) is 3.47. The lowest BCUT2D eigenvalue weighted by molar-refractivity contribution is 0.102. The van der Waals surface area contributed by atoms with Gasteiger partial charge in [-0.2, -0.15) is 0 Å². The van der Waals surface area contributed by atoms with E-state index in [1.54, 1.807) is 11.8 Å². The first-order valence-corrected chi connectivity index (χ1v) is 6.42. The van der Waals surface area contributed by atoms with Crippen LogP contribution < -0.4 is 0 Å². The van der Waals surface area contributed by atoms with E-state index in [1.165, 1.54) is 4.91 Å². The summed E-state index contributed by atoms with van der Waals surface area (Å²) in [5, 5.41) is 0. The van der Waals surface area contributed by atoms with Gasteiger partial charge in [-0.25, -0.2) is 0 Å². The normalized spacial score (nSPS) is 14.6. The number of rotatable bonds is 4. The molecule has 0 amide bonds. The van der Waals surface area contributed by atoms with Gasteiger partial charge in [-0.15, -0.1) is 11.8 Å². The molecule has 0 spiro atoms. The fourth-order valence-corrected chi connectivity index (χ4v) is 2.45. The van der Waals surface area contributed by atoms with Gasteiger partial charge in [0.15, 0.2) is 5.78 Å². The minimum atomic E-state index is 0.200. The molecule has 0 heterocycles. The third kappa shape index (κ3) is 3.11. The predicted octanol–water partition coefficient (Wildman–Crippen LogP) is 3.84. The molecular weight excluding hydrogens is 216 g/mol. The van der Waals surface area contributed by atoms with Crippen molar-refractivity contribution in [2.24, 2.45) is 0 Å². The van der Waals surface area contributed by atoms with Gasteiger partial charge in [-0.3, -0.25) is 4.79 Å². The largest absolute Gasteiger partial charge is 0.293 e. The van der Waals surface area contributed by atoms with Crippen LogP contribution in [-0.2, 0) is 0 Å². The van der Waals surface area contributed by atoms with E-state index in [0.29, 0.717) is 5.75 Å². The zero-order chi connectivity index (χ0) is 11.2. The Morgan fingerprint density at radius 1 is 1.19 bits per heavy atom. The Morgan fingerprint density at radius 2 is 2.00 bits per heavy atom. The van der Waals surface area contributed by atoms with Crippen LogP contribution in [0.5, 0.6) is 0 Å². The number of carbonyl (C=O) groups excluding carboxylic acids is 1. The highest BCUT2D eigenvalue weighted by atomic mass is 32.2. The first-order chi connectivity index (χ1) is 7.86. The maximum absolute atomic E-state index is 11.8. The highest BCUT2D eigenvalue weighted by Crippen LogP contribution is 2.22. The molecule has 16 heavy (non-hydrogen) atoms. The molecule has 0 saturated carbocycles. The average molecular weight is 230 g/mol. The molecule has 2 rings (SSSR count). The third-order valence-electron chi connectivity index (χ3n) is 2.43. The van der Waals surface area contributed by atoms with Crippen molar-refractivity contribution in [2.75, 3.05) is 5.75 Å². The van der Waals surface area contributed by atoms with Crippen LogP contribution in [0.1, 0.15) is 23.2 Å². The van der Waals surface area contributed by atoms with Crippen molar-refractivity contribution < 1.29 is 4.79 Å². The lowest BCUT2D eigenvalue weighted by atomic mass is 10.2. The highest BCUT2D eigenvalue weighted by Gasteiger charge is 2.06. The number of benzene rings is 1. The molecular formula is C14H14OS. The van der Waals surface area contributed by atoms with Gasteiger partial charge in [-0.05, 0) is 12.8 Å². The molecule has 0 unspecified atom stereocenters. The van der Waals surface area contributed by atoms with E-state index in [1.807, 2.05) is 30.3 Å². The summed E-state index contributed by atoms with van der Waals surface area (Å²) in [4.78, 5) is 13.0. The maximum Gasteiger partial charge on any atom is 0.173 e. The molecule has 1 aromatic carbocycles. The number of carbonyl (C=O) groups is 1. The number of hydrogen-bond donors (Lipinski definition) is 0. The zero-order valence-electron chi connectivity index (χ0n) is 9.06. The summed E-state index contributed by atoms with van der Waals surface area (Å²) in [7, 11) is 0. The van der Waals surface area contributed by atoms with Crippen molar-refractivity contribution in [3.05, 3.63) is 59.0 Å². The van der Waals surface area contributed by atoms with Crippen LogP contribution in [0.2, 0.25) is 0 Å². The Kier molecular flexibility index (Phi) is 4.00. The SMILES string of the molecule is O=C(CSC1=CCCC=C1)c1ccccc1. The van der Waals surface area contributed by atoms with Gasteiger partial charge < -0.3 is 0 Å². The molecule has 1 aliphatic carbocycles. The van der Waals surface area contributed by atoms with Crippen molar-refractivity contribution in [1.82, 2.24) is 0 Å². The highest BCUT2D eigenvalue weighted by molar-refractivity contribution is 8.03. The van der Waals surface area contributed by atoms with Gasteiger partial charge in [-0.1, -0.05) is 48.6 Å². The number of thioether (sulfide) groups is 1. The van der Waals surface area contributed by atoms with Gasteiger partial charge in [0.2, 0.25) is 0 Å². The smallest absolute Gasteiger partial charge is 0.173 e. The van der Waals surface area contributed by atoms with Crippen molar-refractivity contribution in [3.63, 3.8) is 0 Å². The van der Waals surface area contributed by atoms with E-state index in [0.717, 1.165) is 18.4 Å².